The van der Waals surface area contributed by atoms with Gasteiger partial charge in [-0.3, -0.25) is 9.59 Å². The number of carbonyl (C=O) groups excluding carboxylic acids is 2. The molecule has 3 N–H and O–H groups in total. The first-order valence-electron chi connectivity index (χ1n) is 7.32. The topological polar surface area (TPSA) is 95.6 Å². The van der Waals surface area contributed by atoms with Crippen molar-refractivity contribution < 1.29 is 14.3 Å². The quantitative estimate of drug-likeness (QED) is 0.733. The van der Waals surface area contributed by atoms with E-state index in [0.29, 0.717) is 22.7 Å². The molecule has 7 heteroatoms. The van der Waals surface area contributed by atoms with Gasteiger partial charge in [-0.15, -0.1) is 0 Å². The summed E-state index contributed by atoms with van der Waals surface area (Å²) in [5, 5.41) is 6.71. The van der Waals surface area contributed by atoms with Crippen LogP contribution >= 0.6 is 0 Å². The normalized spacial score (nSPS) is 15.1. The lowest BCUT2D eigenvalue weighted by atomic mass is 10.1. The molecule has 2 heterocycles. The van der Waals surface area contributed by atoms with Crippen LogP contribution in [0, 0.1) is 0 Å². The zero-order valence-corrected chi connectivity index (χ0v) is 13.0. The number of rotatable bonds is 5. The number of hydrazone groups is 1. The Bertz CT molecular complexity index is 805. The largest absolute Gasteiger partial charge is 0.497 e. The first-order valence-corrected chi connectivity index (χ1v) is 7.32. The van der Waals surface area contributed by atoms with E-state index in [0.717, 1.165) is 5.69 Å². The summed E-state index contributed by atoms with van der Waals surface area (Å²) in [7, 11) is 1.58. The molecule has 1 aliphatic heterocycles. The highest BCUT2D eigenvalue weighted by Gasteiger charge is 2.24. The summed E-state index contributed by atoms with van der Waals surface area (Å²) in [6.07, 6.45) is 3.42. The molecule has 1 aromatic carbocycles. The van der Waals surface area contributed by atoms with Gasteiger partial charge in [-0.05, 0) is 42.5 Å². The Hall–Kier alpha value is -3.35. The monoisotopic (exact) mass is 324 g/mol. The molecule has 0 radical (unpaired) electrons. The standard InChI is InChI=1S/C17H16N4O3/c1-24-13-6-4-11(5-7-13)19-16(22)10-15-14(17(23)21-20-15)9-12-3-2-8-18-12/h2-9,18H,10H2,1H3,(H,19,22)(H,21,23). The molecule has 7 nitrogen and oxygen atoms in total. The van der Waals surface area contributed by atoms with Gasteiger partial charge in [0.25, 0.3) is 5.91 Å². The van der Waals surface area contributed by atoms with Crippen molar-refractivity contribution in [2.45, 2.75) is 6.42 Å². The minimum Gasteiger partial charge on any atom is -0.497 e. The first-order chi connectivity index (χ1) is 11.7. The zero-order valence-electron chi connectivity index (χ0n) is 13.0. The second kappa shape index (κ2) is 6.82. The average molecular weight is 324 g/mol. The molecule has 2 amide bonds. The second-order valence-electron chi connectivity index (χ2n) is 5.14. The minimum atomic E-state index is -0.322. The predicted molar refractivity (Wildman–Crippen MR) is 90.6 cm³/mol. The molecular weight excluding hydrogens is 308 g/mol. The van der Waals surface area contributed by atoms with E-state index in [1.165, 1.54) is 0 Å². The molecule has 24 heavy (non-hydrogen) atoms. The third kappa shape index (κ3) is 3.52. The van der Waals surface area contributed by atoms with E-state index >= 15 is 0 Å². The molecule has 0 unspecified atom stereocenters. The van der Waals surface area contributed by atoms with E-state index in [9.17, 15) is 9.59 Å². The molecule has 0 saturated carbocycles. The third-order valence-corrected chi connectivity index (χ3v) is 3.47. The summed E-state index contributed by atoms with van der Waals surface area (Å²) in [4.78, 5) is 27.0. The number of ether oxygens (including phenoxy) is 1. The Morgan fingerprint density at radius 3 is 2.75 bits per heavy atom. The number of benzene rings is 1. The first kappa shape index (κ1) is 15.5. The number of amides is 2. The Labute approximate surface area is 138 Å². The van der Waals surface area contributed by atoms with Gasteiger partial charge in [0.1, 0.15) is 5.75 Å². The van der Waals surface area contributed by atoms with E-state index < -0.39 is 0 Å². The summed E-state index contributed by atoms with van der Waals surface area (Å²) in [5.74, 6) is 0.129. The van der Waals surface area contributed by atoms with Gasteiger partial charge in [-0.2, -0.15) is 5.10 Å². The van der Waals surface area contributed by atoms with Gasteiger partial charge >= 0.3 is 0 Å². The lowest BCUT2D eigenvalue weighted by Crippen LogP contribution is -2.18. The lowest BCUT2D eigenvalue weighted by molar-refractivity contribution is -0.116. The molecule has 3 rings (SSSR count). The maximum Gasteiger partial charge on any atom is 0.273 e. The van der Waals surface area contributed by atoms with Crippen LogP contribution in [0.2, 0.25) is 0 Å². The highest BCUT2D eigenvalue weighted by Crippen LogP contribution is 2.17. The van der Waals surface area contributed by atoms with E-state index in [1.807, 2.05) is 12.1 Å². The van der Waals surface area contributed by atoms with Gasteiger partial charge in [-0.25, -0.2) is 5.43 Å². The van der Waals surface area contributed by atoms with Gasteiger partial charge in [0.05, 0.1) is 24.8 Å². The van der Waals surface area contributed by atoms with Crippen LogP contribution in [0.5, 0.6) is 5.75 Å². The molecule has 1 aliphatic rings. The molecule has 0 bridgehead atoms. The maximum absolute atomic E-state index is 12.2. The molecule has 0 fully saturated rings. The van der Waals surface area contributed by atoms with Crippen LogP contribution in [-0.4, -0.2) is 29.6 Å². The Morgan fingerprint density at radius 2 is 2.08 bits per heavy atom. The molecule has 122 valence electrons. The van der Waals surface area contributed by atoms with E-state index in [4.69, 9.17) is 4.74 Å². The van der Waals surface area contributed by atoms with Crippen molar-refractivity contribution in [3.05, 3.63) is 53.9 Å². The van der Waals surface area contributed by atoms with Crippen LogP contribution in [0.3, 0.4) is 0 Å². The number of carbonyl (C=O) groups is 2. The number of aromatic amines is 1. The summed E-state index contributed by atoms with van der Waals surface area (Å²) < 4.78 is 5.07. The van der Waals surface area contributed by atoms with Crippen LogP contribution in [0.15, 0.2) is 53.3 Å². The van der Waals surface area contributed by atoms with Crippen LogP contribution < -0.4 is 15.5 Å². The minimum absolute atomic E-state index is 0.00267. The number of nitrogens with zero attached hydrogens (tertiary/aromatic N) is 1. The van der Waals surface area contributed by atoms with Crippen molar-refractivity contribution in [1.82, 2.24) is 10.4 Å². The smallest absolute Gasteiger partial charge is 0.273 e. The van der Waals surface area contributed by atoms with Crippen LogP contribution in [-0.2, 0) is 9.59 Å². The van der Waals surface area contributed by atoms with Gasteiger partial charge in [0, 0.05) is 17.6 Å². The maximum atomic E-state index is 12.2. The second-order valence-corrected chi connectivity index (χ2v) is 5.14. The average Bonchev–Trinajstić information content (AvgIpc) is 3.21. The predicted octanol–water partition coefficient (Wildman–Crippen LogP) is 1.92. The van der Waals surface area contributed by atoms with Crippen molar-refractivity contribution in [2.24, 2.45) is 5.10 Å². The van der Waals surface area contributed by atoms with Gasteiger partial charge < -0.3 is 15.0 Å². The summed E-state index contributed by atoms with van der Waals surface area (Å²) in [6, 6.07) is 10.6. The van der Waals surface area contributed by atoms with Gasteiger partial charge in [0.2, 0.25) is 5.91 Å². The number of aromatic nitrogens is 1. The number of methoxy groups -OCH3 is 1. The fourth-order valence-electron chi connectivity index (χ4n) is 2.27. The highest BCUT2D eigenvalue weighted by atomic mass is 16.5. The molecule has 0 atom stereocenters. The summed E-state index contributed by atoms with van der Waals surface area (Å²) in [6.45, 7) is 0. The SMILES string of the molecule is COc1ccc(NC(=O)CC2=NNC(=O)C2=Cc2ccc[nH]2)cc1. The van der Waals surface area contributed by atoms with Crippen molar-refractivity contribution in [3.63, 3.8) is 0 Å². The lowest BCUT2D eigenvalue weighted by Gasteiger charge is -2.06. The van der Waals surface area contributed by atoms with Crippen molar-refractivity contribution >= 4 is 29.3 Å². The van der Waals surface area contributed by atoms with E-state index in [-0.39, 0.29) is 18.2 Å². The van der Waals surface area contributed by atoms with Crippen LogP contribution in [0.25, 0.3) is 6.08 Å². The number of hydrogen-bond acceptors (Lipinski definition) is 4. The molecule has 2 aromatic rings. The van der Waals surface area contributed by atoms with E-state index in [2.05, 4.69) is 20.8 Å². The van der Waals surface area contributed by atoms with Gasteiger partial charge in [-0.1, -0.05) is 0 Å². The fraction of sp³-hybridized carbons (Fsp3) is 0.118. The number of anilines is 1. The number of H-pyrrole nitrogens is 1. The number of hydrogen-bond donors (Lipinski definition) is 3. The van der Waals surface area contributed by atoms with E-state index in [1.54, 1.807) is 43.6 Å². The Balaban J connectivity index is 1.67. The molecule has 1 aromatic heterocycles. The zero-order chi connectivity index (χ0) is 16.9. The Morgan fingerprint density at radius 1 is 1.29 bits per heavy atom. The molecule has 0 saturated heterocycles. The molecular formula is C17H16N4O3. The van der Waals surface area contributed by atoms with Crippen molar-refractivity contribution in [1.29, 1.82) is 0 Å². The van der Waals surface area contributed by atoms with Crippen LogP contribution in [0.4, 0.5) is 5.69 Å². The highest BCUT2D eigenvalue weighted by molar-refractivity contribution is 6.31. The summed E-state index contributed by atoms with van der Waals surface area (Å²) >= 11 is 0. The van der Waals surface area contributed by atoms with Crippen LogP contribution in [0.1, 0.15) is 12.1 Å². The fourth-order valence-corrected chi connectivity index (χ4v) is 2.27. The summed E-state index contributed by atoms with van der Waals surface area (Å²) in [5.41, 5.74) is 4.58. The van der Waals surface area contributed by atoms with Crippen molar-refractivity contribution in [2.75, 3.05) is 12.4 Å². The third-order valence-electron chi connectivity index (χ3n) is 3.47. The Kier molecular flexibility index (Phi) is 4.42. The van der Waals surface area contributed by atoms with Crippen molar-refractivity contribution in [3.8, 4) is 5.75 Å². The van der Waals surface area contributed by atoms with Gasteiger partial charge in [0.15, 0.2) is 0 Å². The molecule has 0 spiro atoms. The number of nitrogens with one attached hydrogen (secondary N) is 3. The molecule has 0 aliphatic carbocycles.